The number of para-hydroxylation sites is 1. The number of amides is 2. The van der Waals surface area contributed by atoms with Gasteiger partial charge < -0.3 is 25.0 Å². The first-order valence-electron chi connectivity index (χ1n) is 9.51. The Labute approximate surface area is 159 Å². The molecule has 4 rings (SSSR count). The lowest BCUT2D eigenvalue weighted by molar-refractivity contribution is -0.0488. The number of likely N-dealkylation sites (tertiary alicyclic amines) is 1. The Morgan fingerprint density at radius 1 is 1.19 bits per heavy atom. The number of benzene rings is 1. The van der Waals surface area contributed by atoms with Gasteiger partial charge in [-0.3, -0.25) is 4.79 Å². The predicted molar refractivity (Wildman–Crippen MR) is 101 cm³/mol. The van der Waals surface area contributed by atoms with Crippen molar-refractivity contribution in [1.82, 2.24) is 10.2 Å². The van der Waals surface area contributed by atoms with Crippen LogP contribution in [0.4, 0.5) is 10.5 Å². The van der Waals surface area contributed by atoms with Crippen LogP contribution in [0.5, 0.6) is 0 Å². The molecule has 0 bridgehead atoms. The van der Waals surface area contributed by atoms with Gasteiger partial charge in [-0.2, -0.15) is 0 Å². The predicted octanol–water partition coefficient (Wildman–Crippen LogP) is 2.73. The fourth-order valence-electron chi connectivity index (χ4n) is 4.20. The number of hydrogen-bond acceptors (Lipinski definition) is 5. The summed E-state index contributed by atoms with van der Waals surface area (Å²) >= 11 is 0. The highest BCUT2D eigenvalue weighted by Gasteiger charge is 2.53. The van der Waals surface area contributed by atoms with Crippen LogP contribution in [0.2, 0.25) is 0 Å². The molecule has 2 spiro atoms. The van der Waals surface area contributed by atoms with Crippen molar-refractivity contribution in [3.8, 4) is 0 Å². The van der Waals surface area contributed by atoms with E-state index in [0.29, 0.717) is 31.7 Å². The molecule has 146 valence electrons. The maximum absolute atomic E-state index is 12.5. The second-order valence-electron chi connectivity index (χ2n) is 8.82. The van der Waals surface area contributed by atoms with Gasteiger partial charge in [0.25, 0.3) is 5.91 Å². The maximum atomic E-state index is 12.5. The van der Waals surface area contributed by atoms with Crippen molar-refractivity contribution in [3.63, 3.8) is 0 Å². The van der Waals surface area contributed by atoms with Crippen LogP contribution in [0.15, 0.2) is 24.3 Å². The largest absolute Gasteiger partial charge is 0.444 e. The average Bonchev–Trinajstić information content (AvgIpc) is 2.91. The maximum Gasteiger partial charge on any atom is 0.410 e. The molecule has 3 heterocycles. The number of nitrogens with one attached hydrogen (secondary N) is 2. The van der Waals surface area contributed by atoms with E-state index in [-0.39, 0.29) is 17.6 Å². The van der Waals surface area contributed by atoms with Crippen molar-refractivity contribution < 1.29 is 19.1 Å². The van der Waals surface area contributed by atoms with Crippen LogP contribution in [0.25, 0.3) is 0 Å². The van der Waals surface area contributed by atoms with Crippen molar-refractivity contribution in [2.45, 2.75) is 56.9 Å². The lowest BCUT2D eigenvalue weighted by Crippen LogP contribution is -2.59. The minimum atomic E-state index is -0.584. The van der Waals surface area contributed by atoms with Crippen LogP contribution in [0.3, 0.4) is 0 Å². The number of anilines is 1. The third-order valence-corrected chi connectivity index (χ3v) is 5.47. The van der Waals surface area contributed by atoms with Crippen LogP contribution in [0.1, 0.15) is 50.4 Å². The van der Waals surface area contributed by atoms with Gasteiger partial charge in [0, 0.05) is 25.2 Å². The molecule has 2 N–H and O–H groups in total. The minimum absolute atomic E-state index is 0.0730. The molecule has 0 saturated carbocycles. The zero-order chi connectivity index (χ0) is 19.3. The standard InChI is InChI=1S/C20H27N3O4/c1-18(2,3)27-17(25)23-10-8-19(9-11-23)12-20(13-26-19)21-15-7-5-4-6-14(15)16(24)22-20/h4-7,21H,8-13H2,1-3H3,(H,22,24)/t20-/m0/s1. The van der Waals surface area contributed by atoms with E-state index in [4.69, 9.17) is 9.47 Å². The van der Waals surface area contributed by atoms with Gasteiger partial charge in [-0.05, 0) is 45.7 Å². The molecule has 0 aromatic heterocycles. The smallest absolute Gasteiger partial charge is 0.410 e. The molecule has 0 unspecified atom stereocenters. The van der Waals surface area contributed by atoms with E-state index in [1.807, 2.05) is 45.0 Å². The molecule has 27 heavy (non-hydrogen) atoms. The van der Waals surface area contributed by atoms with Crippen LogP contribution >= 0.6 is 0 Å². The number of carbonyl (C=O) groups is 2. The number of ether oxygens (including phenoxy) is 2. The first-order valence-corrected chi connectivity index (χ1v) is 9.51. The highest BCUT2D eigenvalue weighted by Crippen LogP contribution is 2.43. The summed E-state index contributed by atoms with van der Waals surface area (Å²) in [5.41, 5.74) is 0.0888. The zero-order valence-electron chi connectivity index (χ0n) is 16.1. The van der Waals surface area contributed by atoms with Gasteiger partial charge >= 0.3 is 6.09 Å². The van der Waals surface area contributed by atoms with E-state index in [1.54, 1.807) is 4.90 Å². The number of rotatable bonds is 0. The van der Waals surface area contributed by atoms with Crippen molar-refractivity contribution in [3.05, 3.63) is 29.8 Å². The summed E-state index contributed by atoms with van der Waals surface area (Å²) in [7, 11) is 0. The molecule has 0 aliphatic carbocycles. The van der Waals surface area contributed by atoms with Gasteiger partial charge in [0.15, 0.2) is 0 Å². The first-order chi connectivity index (χ1) is 12.7. The molecule has 7 nitrogen and oxygen atoms in total. The van der Waals surface area contributed by atoms with E-state index in [0.717, 1.165) is 18.5 Å². The minimum Gasteiger partial charge on any atom is -0.444 e. The summed E-state index contributed by atoms with van der Waals surface area (Å²) in [6.45, 7) is 7.21. The SMILES string of the molecule is CC(C)(C)OC(=O)N1CCC2(CC1)C[C@@]1(CO2)NC(=O)c2ccccc2N1. The Balaban J connectivity index is 1.42. The molecule has 2 saturated heterocycles. The molecule has 1 aromatic carbocycles. The summed E-state index contributed by atoms with van der Waals surface area (Å²) in [5.74, 6) is -0.0730. The van der Waals surface area contributed by atoms with Crippen LogP contribution in [0, 0.1) is 0 Å². The number of piperidine rings is 1. The van der Waals surface area contributed by atoms with Gasteiger partial charge in [-0.1, -0.05) is 12.1 Å². The third-order valence-electron chi connectivity index (χ3n) is 5.47. The molecule has 3 aliphatic heterocycles. The molecule has 1 aromatic rings. The molecular weight excluding hydrogens is 346 g/mol. The number of fused-ring (bicyclic) bond motifs is 1. The topological polar surface area (TPSA) is 79.9 Å². The van der Waals surface area contributed by atoms with Gasteiger partial charge in [0.05, 0.1) is 17.8 Å². The van der Waals surface area contributed by atoms with E-state index in [9.17, 15) is 9.59 Å². The zero-order valence-corrected chi connectivity index (χ0v) is 16.1. The second kappa shape index (κ2) is 6.12. The summed E-state index contributed by atoms with van der Waals surface area (Å²) in [4.78, 5) is 26.5. The molecule has 0 radical (unpaired) electrons. The quantitative estimate of drug-likeness (QED) is 0.731. The molecule has 2 fully saturated rings. The van der Waals surface area contributed by atoms with Gasteiger partial charge in [-0.25, -0.2) is 4.79 Å². The molecule has 7 heteroatoms. The Morgan fingerprint density at radius 3 is 2.59 bits per heavy atom. The first kappa shape index (κ1) is 18.1. The Bertz CT molecular complexity index is 765. The number of carbonyl (C=O) groups excluding carboxylic acids is 2. The third kappa shape index (κ3) is 3.48. The average molecular weight is 373 g/mol. The van der Waals surface area contributed by atoms with Crippen LogP contribution < -0.4 is 10.6 Å². The summed E-state index contributed by atoms with van der Waals surface area (Å²) in [6.07, 6.45) is 1.87. The molecule has 1 atom stereocenters. The molecule has 2 amide bonds. The van der Waals surface area contributed by atoms with Gasteiger partial charge in [-0.15, -0.1) is 0 Å². The van der Waals surface area contributed by atoms with Crippen molar-refractivity contribution >= 4 is 17.7 Å². The lowest BCUT2D eigenvalue weighted by Gasteiger charge is -2.41. The van der Waals surface area contributed by atoms with Gasteiger partial charge in [0.2, 0.25) is 0 Å². The van der Waals surface area contributed by atoms with E-state index in [1.165, 1.54) is 0 Å². The van der Waals surface area contributed by atoms with Crippen LogP contribution in [-0.2, 0) is 9.47 Å². The Hall–Kier alpha value is -2.28. The molecular formula is C20H27N3O4. The molecule has 3 aliphatic rings. The fourth-order valence-corrected chi connectivity index (χ4v) is 4.20. The van der Waals surface area contributed by atoms with Crippen molar-refractivity contribution in [1.29, 1.82) is 0 Å². The van der Waals surface area contributed by atoms with Crippen molar-refractivity contribution in [2.75, 3.05) is 25.0 Å². The monoisotopic (exact) mass is 373 g/mol. The van der Waals surface area contributed by atoms with Gasteiger partial charge in [0.1, 0.15) is 11.3 Å². The number of hydrogen-bond donors (Lipinski definition) is 2. The van der Waals surface area contributed by atoms with Crippen LogP contribution in [-0.4, -0.2) is 53.5 Å². The number of nitrogens with zero attached hydrogens (tertiary/aromatic N) is 1. The lowest BCUT2D eigenvalue weighted by atomic mass is 9.84. The van der Waals surface area contributed by atoms with Crippen molar-refractivity contribution in [2.24, 2.45) is 0 Å². The summed E-state index contributed by atoms with van der Waals surface area (Å²) in [6, 6.07) is 7.52. The van der Waals surface area contributed by atoms with E-state index >= 15 is 0 Å². The Morgan fingerprint density at radius 2 is 1.89 bits per heavy atom. The Kier molecular flexibility index (Phi) is 4.10. The summed E-state index contributed by atoms with van der Waals surface area (Å²) in [5, 5.41) is 6.58. The highest BCUT2D eigenvalue weighted by molar-refractivity contribution is 6.02. The van der Waals surface area contributed by atoms with E-state index in [2.05, 4.69) is 10.6 Å². The second-order valence-corrected chi connectivity index (χ2v) is 8.82. The normalized spacial score (nSPS) is 26.5. The fraction of sp³-hybridized carbons (Fsp3) is 0.600. The summed E-state index contributed by atoms with van der Waals surface area (Å²) < 4.78 is 11.7. The van der Waals surface area contributed by atoms with E-state index < -0.39 is 11.3 Å². The highest BCUT2D eigenvalue weighted by atomic mass is 16.6.